The average molecular weight is 247 g/mol. The summed E-state index contributed by atoms with van der Waals surface area (Å²) in [6.45, 7) is 0.708. The number of alkyl halides is 1. The highest BCUT2D eigenvalue weighted by atomic mass is 79.9. The van der Waals surface area contributed by atoms with Gasteiger partial charge in [-0.3, -0.25) is 4.68 Å². The van der Waals surface area contributed by atoms with Gasteiger partial charge in [0.2, 0.25) is 4.73 Å². The van der Waals surface area contributed by atoms with Gasteiger partial charge in [0.05, 0.1) is 6.54 Å². The van der Waals surface area contributed by atoms with E-state index >= 15 is 0 Å². The molecule has 0 saturated heterocycles. The maximum absolute atomic E-state index is 5.44. The molecule has 1 aromatic heterocycles. The molecule has 0 aliphatic carbocycles. The maximum atomic E-state index is 5.44. The van der Waals surface area contributed by atoms with Crippen molar-refractivity contribution in [3.05, 3.63) is 11.1 Å². The minimum Gasteiger partial charge on any atom is -0.251 e. The quantitative estimate of drug-likeness (QED) is 0.744. The number of halogens is 3. The zero-order valence-electron chi connectivity index (χ0n) is 5.00. The van der Waals surface area contributed by atoms with Crippen LogP contribution in [0.3, 0.4) is 0 Å². The van der Waals surface area contributed by atoms with Gasteiger partial charge in [-0.25, -0.2) is 4.98 Å². The first-order valence-corrected chi connectivity index (χ1v) is 3.76. The van der Waals surface area contributed by atoms with Crippen LogP contribution in [0.25, 0.3) is 0 Å². The number of nitrogens with zero attached hydrogens (tertiary/aromatic N) is 3. The molecule has 0 atom stereocenters. The molecule has 1 aromatic rings. The molecule has 0 aliphatic heterocycles. The molecule has 0 amide bonds. The fraction of sp³-hybridized carbons (Fsp3) is 0.500. The van der Waals surface area contributed by atoms with E-state index in [1.54, 1.807) is 11.0 Å². The second-order valence-electron chi connectivity index (χ2n) is 1.47. The minimum atomic E-state index is 0. The van der Waals surface area contributed by atoms with E-state index in [-0.39, 0.29) is 12.4 Å². The summed E-state index contributed by atoms with van der Waals surface area (Å²) in [7, 11) is 0. The molecule has 1 heterocycles. The molecular weight excluding hydrogens is 241 g/mol. The maximum Gasteiger partial charge on any atom is 0.217 e. The second kappa shape index (κ2) is 4.93. The van der Waals surface area contributed by atoms with Gasteiger partial charge in [0.15, 0.2) is 0 Å². The van der Waals surface area contributed by atoms with E-state index in [2.05, 4.69) is 26.0 Å². The summed E-state index contributed by atoms with van der Waals surface area (Å²) in [5.41, 5.74) is 0. The molecule has 1 rings (SSSR count). The van der Waals surface area contributed by atoms with E-state index in [0.29, 0.717) is 17.2 Å². The van der Waals surface area contributed by atoms with E-state index in [4.69, 9.17) is 11.6 Å². The van der Waals surface area contributed by atoms with Crippen molar-refractivity contribution in [1.82, 2.24) is 14.8 Å². The minimum absolute atomic E-state index is 0. The van der Waals surface area contributed by atoms with Crippen molar-refractivity contribution in [2.75, 3.05) is 5.88 Å². The standard InChI is InChI=1S/C4H5BrClN3.ClH/c5-4-7-3-9(8-4)2-1-6;/h3H,1-2H2;1H. The van der Waals surface area contributed by atoms with Crippen molar-refractivity contribution in [3.8, 4) is 0 Å². The van der Waals surface area contributed by atoms with Crippen LogP contribution in [0, 0.1) is 0 Å². The zero-order chi connectivity index (χ0) is 6.69. The van der Waals surface area contributed by atoms with Crippen LogP contribution in [-0.4, -0.2) is 20.6 Å². The lowest BCUT2D eigenvalue weighted by atomic mass is 10.8. The molecular formula is C4H6BrCl2N3. The smallest absolute Gasteiger partial charge is 0.217 e. The first kappa shape index (κ1) is 10.2. The molecule has 0 fully saturated rings. The van der Waals surface area contributed by atoms with Crippen LogP contribution in [0.5, 0.6) is 0 Å². The fourth-order valence-electron chi connectivity index (χ4n) is 0.466. The summed E-state index contributed by atoms with van der Waals surface area (Å²) >= 11 is 8.56. The van der Waals surface area contributed by atoms with Crippen LogP contribution in [0.4, 0.5) is 0 Å². The van der Waals surface area contributed by atoms with Crippen molar-refractivity contribution in [3.63, 3.8) is 0 Å². The first-order chi connectivity index (χ1) is 4.33. The molecule has 0 N–H and O–H groups in total. The normalized spacial score (nSPS) is 9.00. The van der Waals surface area contributed by atoms with Gasteiger partial charge in [0.1, 0.15) is 6.33 Å². The third kappa shape index (κ3) is 2.86. The second-order valence-corrected chi connectivity index (χ2v) is 2.55. The van der Waals surface area contributed by atoms with Crippen LogP contribution in [0.15, 0.2) is 11.1 Å². The fourth-order valence-corrected chi connectivity index (χ4v) is 0.935. The summed E-state index contributed by atoms with van der Waals surface area (Å²) in [6.07, 6.45) is 1.63. The molecule has 0 bridgehead atoms. The lowest BCUT2D eigenvalue weighted by Crippen LogP contribution is -1.98. The molecule has 3 nitrogen and oxygen atoms in total. The van der Waals surface area contributed by atoms with Crippen molar-refractivity contribution in [2.24, 2.45) is 0 Å². The topological polar surface area (TPSA) is 30.7 Å². The summed E-state index contributed by atoms with van der Waals surface area (Å²) < 4.78 is 2.28. The third-order valence-corrected chi connectivity index (χ3v) is 1.35. The highest BCUT2D eigenvalue weighted by Gasteiger charge is 1.92. The van der Waals surface area contributed by atoms with E-state index < -0.39 is 0 Å². The highest BCUT2D eigenvalue weighted by Crippen LogP contribution is 1.98. The van der Waals surface area contributed by atoms with Crippen molar-refractivity contribution in [1.29, 1.82) is 0 Å². The molecule has 58 valence electrons. The zero-order valence-corrected chi connectivity index (χ0v) is 8.16. The lowest BCUT2D eigenvalue weighted by Gasteiger charge is -1.90. The Bertz CT molecular complexity index is 190. The van der Waals surface area contributed by atoms with Gasteiger partial charge in [-0.15, -0.1) is 29.1 Å². The van der Waals surface area contributed by atoms with Crippen LogP contribution < -0.4 is 0 Å². The molecule has 6 heteroatoms. The largest absolute Gasteiger partial charge is 0.251 e. The Balaban J connectivity index is 0.000000810. The van der Waals surface area contributed by atoms with E-state index in [1.807, 2.05) is 0 Å². The van der Waals surface area contributed by atoms with Gasteiger partial charge in [-0.2, -0.15) is 0 Å². The Morgan fingerprint density at radius 2 is 2.40 bits per heavy atom. The van der Waals surface area contributed by atoms with Gasteiger partial charge in [-0.05, 0) is 15.9 Å². The molecule has 0 radical (unpaired) electrons. The Morgan fingerprint density at radius 3 is 2.80 bits per heavy atom. The lowest BCUT2D eigenvalue weighted by molar-refractivity contribution is 0.658. The van der Waals surface area contributed by atoms with Crippen LogP contribution in [0.1, 0.15) is 0 Å². The summed E-state index contributed by atoms with van der Waals surface area (Å²) in [5, 5.41) is 3.94. The highest BCUT2D eigenvalue weighted by molar-refractivity contribution is 9.10. The van der Waals surface area contributed by atoms with Crippen LogP contribution in [-0.2, 0) is 6.54 Å². The predicted molar refractivity (Wildman–Crippen MR) is 45.7 cm³/mol. The van der Waals surface area contributed by atoms with Crippen molar-refractivity contribution < 1.29 is 0 Å². The Labute approximate surface area is 78.3 Å². The predicted octanol–water partition coefficient (Wildman–Crippen LogP) is 1.70. The Hall–Kier alpha value is 0.200. The third-order valence-electron chi connectivity index (χ3n) is 0.822. The number of aryl methyl sites for hydroxylation is 1. The SMILES string of the molecule is Cl.ClCCn1cnc(Br)n1. The Kier molecular flexibility index (Phi) is 5.03. The first-order valence-electron chi connectivity index (χ1n) is 2.44. The van der Waals surface area contributed by atoms with Gasteiger partial charge >= 0.3 is 0 Å². The number of aromatic nitrogens is 3. The molecule has 0 aromatic carbocycles. The van der Waals surface area contributed by atoms with Crippen LogP contribution in [0.2, 0.25) is 0 Å². The Morgan fingerprint density at radius 1 is 1.70 bits per heavy atom. The molecule has 0 unspecified atom stereocenters. The molecule has 0 saturated carbocycles. The summed E-state index contributed by atoms with van der Waals surface area (Å²) in [6, 6.07) is 0. The van der Waals surface area contributed by atoms with E-state index in [9.17, 15) is 0 Å². The van der Waals surface area contributed by atoms with Gasteiger partial charge in [0.25, 0.3) is 0 Å². The molecule has 10 heavy (non-hydrogen) atoms. The monoisotopic (exact) mass is 245 g/mol. The van der Waals surface area contributed by atoms with Gasteiger partial charge in [0, 0.05) is 5.88 Å². The molecule has 0 spiro atoms. The van der Waals surface area contributed by atoms with Crippen molar-refractivity contribution >= 4 is 39.9 Å². The van der Waals surface area contributed by atoms with Crippen LogP contribution >= 0.6 is 39.9 Å². The van der Waals surface area contributed by atoms with E-state index in [0.717, 1.165) is 0 Å². The number of rotatable bonds is 2. The van der Waals surface area contributed by atoms with Gasteiger partial charge in [-0.1, -0.05) is 0 Å². The van der Waals surface area contributed by atoms with Gasteiger partial charge < -0.3 is 0 Å². The summed E-state index contributed by atoms with van der Waals surface area (Å²) in [5.74, 6) is 0.565. The van der Waals surface area contributed by atoms with Crippen molar-refractivity contribution in [2.45, 2.75) is 6.54 Å². The number of hydrogen-bond donors (Lipinski definition) is 0. The average Bonchev–Trinajstić information content (AvgIpc) is 2.17. The number of hydrogen-bond acceptors (Lipinski definition) is 2. The summed E-state index contributed by atoms with van der Waals surface area (Å²) in [4.78, 5) is 3.85. The van der Waals surface area contributed by atoms with E-state index in [1.165, 1.54) is 0 Å². The molecule has 0 aliphatic rings.